The molecule has 2 fully saturated rings. The van der Waals surface area contributed by atoms with Gasteiger partial charge < -0.3 is 28.7 Å². The Bertz CT molecular complexity index is 2400. The van der Waals surface area contributed by atoms with E-state index in [1.54, 1.807) is 19.6 Å². The first-order valence-electron chi connectivity index (χ1n) is 21.1. The van der Waals surface area contributed by atoms with Gasteiger partial charge >= 0.3 is 5.97 Å². The summed E-state index contributed by atoms with van der Waals surface area (Å²) >= 11 is 1.40. The molecule has 15 heteroatoms. The van der Waals surface area contributed by atoms with Crippen LogP contribution in [0.15, 0.2) is 54.4 Å². The number of pyridine rings is 1. The Labute approximate surface area is 355 Å². The average molecular weight is 837 g/mol. The number of carbonyl (C=O) groups excluding carboxylic acids is 3. The van der Waals surface area contributed by atoms with E-state index in [0.717, 1.165) is 50.4 Å². The second kappa shape index (κ2) is 16.8. The van der Waals surface area contributed by atoms with E-state index in [-0.39, 0.29) is 43.0 Å². The van der Waals surface area contributed by atoms with E-state index in [0.29, 0.717) is 37.4 Å². The highest BCUT2D eigenvalue weighted by Crippen LogP contribution is 2.53. The minimum Gasteiger partial charge on any atom is -0.464 e. The number of aromatic nitrogens is 5. The number of benzene rings is 1. The lowest BCUT2D eigenvalue weighted by Crippen LogP contribution is -2.61. The van der Waals surface area contributed by atoms with E-state index in [1.165, 1.54) is 16.3 Å². The molecule has 0 unspecified atom stereocenters. The fourth-order valence-corrected chi connectivity index (χ4v) is 10.0. The number of cyclic esters (lactones) is 1. The summed E-state index contributed by atoms with van der Waals surface area (Å²) in [6.07, 6.45) is 5.98. The predicted octanol–water partition coefficient (Wildman–Crippen LogP) is 6.52. The number of aryl methyl sites for hydroxylation is 2. The molecule has 318 valence electrons. The van der Waals surface area contributed by atoms with Crippen LogP contribution in [-0.4, -0.2) is 85.8 Å². The summed E-state index contributed by atoms with van der Waals surface area (Å²) in [5, 5.41) is 8.18. The summed E-state index contributed by atoms with van der Waals surface area (Å²) < 4.78 is 22.5. The van der Waals surface area contributed by atoms with Crippen LogP contribution < -0.4 is 10.7 Å². The Hall–Kier alpha value is -4.96. The normalized spacial score (nSPS) is 24.8. The first-order valence-corrected chi connectivity index (χ1v) is 21.9. The number of carbonyl (C=O) groups is 3. The standard InChI is InChI=1S/C45H56N8O6S/c1-9-52-34-16-15-27-19-29(34)30(39(52)28-13-11-17-46-37(28)26(4)57-8)20-45(5,6)23-59-44(56)31-14-12-18-53(50-31)43(55)38(40(58-10-2)42-48-33(27)22-60-42)49-41(54)36-25(3)35(36)32-21-51(7)24-47-32/h11,13,15-17,19,21-22,24-26,31,35-36,38,40,50H,9-10,12,14,18,20,23H2,1-8H3,(H,49,54)/t25-,26-,31-,35-,36+,38-,40-/m0/s1. The highest BCUT2D eigenvalue weighted by Gasteiger charge is 2.55. The SMILES string of the molecule is CCO[C@@H]1c2nc(cs2)-c2ccc3c(c2)c(c(-c2cccnc2[C@H](C)OC)n3CC)CC(C)(C)COC(=O)[C@@H]2CCCN(N2)C(=O)[C@H]1NC(=O)[C@@H]1[C@@H](C)[C@H]1c1cn(C)cn1. The Balaban J connectivity index is 1.25. The van der Waals surface area contributed by atoms with Crippen LogP contribution >= 0.6 is 11.3 Å². The lowest BCUT2D eigenvalue weighted by molar-refractivity contribution is -0.156. The number of hydrogen-bond acceptors (Lipinski definition) is 11. The molecule has 3 aliphatic rings. The summed E-state index contributed by atoms with van der Waals surface area (Å²) in [7, 11) is 3.60. The van der Waals surface area contributed by atoms with E-state index >= 15 is 0 Å². The van der Waals surface area contributed by atoms with Crippen molar-refractivity contribution in [3.63, 3.8) is 0 Å². The fraction of sp³-hybridized carbons (Fsp3) is 0.511. The molecule has 1 saturated heterocycles. The number of hydrazine groups is 1. The zero-order valence-electron chi connectivity index (χ0n) is 35.7. The number of ether oxygens (including phenoxy) is 3. The van der Waals surface area contributed by atoms with E-state index in [9.17, 15) is 14.4 Å². The van der Waals surface area contributed by atoms with Crippen molar-refractivity contribution in [1.29, 1.82) is 0 Å². The van der Waals surface area contributed by atoms with Crippen LogP contribution in [0.25, 0.3) is 33.4 Å². The quantitative estimate of drug-likeness (QED) is 0.157. The van der Waals surface area contributed by atoms with Crippen LogP contribution in [0.4, 0.5) is 0 Å². The second-order valence-electron chi connectivity index (χ2n) is 17.2. The molecule has 60 heavy (non-hydrogen) atoms. The molecule has 2 amide bonds. The van der Waals surface area contributed by atoms with Gasteiger partial charge in [-0.1, -0.05) is 26.8 Å². The average Bonchev–Trinajstić information content (AvgIpc) is 3.59. The molecule has 7 atom stereocenters. The summed E-state index contributed by atoms with van der Waals surface area (Å²) in [6.45, 7) is 13.7. The number of rotatable bonds is 9. The van der Waals surface area contributed by atoms with Crippen LogP contribution in [-0.2, 0) is 48.6 Å². The topological polar surface area (TPSA) is 155 Å². The van der Waals surface area contributed by atoms with Crippen LogP contribution in [0.2, 0.25) is 0 Å². The summed E-state index contributed by atoms with van der Waals surface area (Å²) in [5.74, 6) is -1.47. The van der Waals surface area contributed by atoms with Crippen molar-refractivity contribution in [2.24, 2.45) is 24.3 Å². The largest absolute Gasteiger partial charge is 0.464 e. The molecule has 5 aromatic rings. The van der Waals surface area contributed by atoms with Gasteiger partial charge in [-0.05, 0) is 75.8 Å². The van der Waals surface area contributed by atoms with Gasteiger partial charge in [-0.2, -0.15) is 0 Å². The van der Waals surface area contributed by atoms with E-state index < -0.39 is 35.5 Å². The Morgan fingerprint density at radius 2 is 2.00 bits per heavy atom. The van der Waals surface area contributed by atoms with Crippen molar-refractivity contribution in [3.8, 4) is 22.5 Å². The van der Waals surface area contributed by atoms with Crippen LogP contribution in [0.1, 0.15) is 94.5 Å². The number of amides is 2. The number of fused-ring (bicyclic) bond motifs is 6. The highest BCUT2D eigenvalue weighted by atomic mass is 32.1. The molecule has 6 bridgehead atoms. The number of thiazole rings is 1. The molecule has 2 N–H and O–H groups in total. The first kappa shape index (κ1) is 41.8. The molecule has 14 nitrogen and oxygen atoms in total. The lowest BCUT2D eigenvalue weighted by atomic mass is 9.84. The van der Waals surface area contributed by atoms with E-state index in [2.05, 4.69) is 65.3 Å². The third-order valence-corrected chi connectivity index (χ3v) is 13.2. The number of esters is 1. The van der Waals surface area contributed by atoms with E-state index in [4.69, 9.17) is 24.2 Å². The minimum absolute atomic E-state index is 0.0405. The number of imidazole rings is 1. The monoisotopic (exact) mass is 836 g/mol. The molecule has 1 saturated carbocycles. The van der Waals surface area contributed by atoms with Crippen LogP contribution in [0, 0.1) is 17.3 Å². The Morgan fingerprint density at radius 1 is 1.18 bits per heavy atom. The van der Waals surface area contributed by atoms with Gasteiger partial charge in [0.25, 0.3) is 5.91 Å². The van der Waals surface area contributed by atoms with Gasteiger partial charge in [0.2, 0.25) is 5.91 Å². The lowest BCUT2D eigenvalue weighted by Gasteiger charge is -2.37. The number of hydrogen-bond donors (Lipinski definition) is 2. The maximum Gasteiger partial charge on any atom is 0.324 e. The van der Waals surface area contributed by atoms with Gasteiger partial charge in [-0.25, -0.2) is 15.4 Å². The molecule has 8 rings (SSSR count). The zero-order valence-corrected chi connectivity index (χ0v) is 36.5. The highest BCUT2D eigenvalue weighted by molar-refractivity contribution is 7.10. The Morgan fingerprint density at radius 3 is 2.73 bits per heavy atom. The molecule has 6 heterocycles. The van der Waals surface area contributed by atoms with Crippen LogP contribution in [0.5, 0.6) is 0 Å². The van der Waals surface area contributed by atoms with Crippen molar-refractivity contribution >= 4 is 40.0 Å². The third-order valence-electron chi connectivity index (χ3n) is 12.3. The molecule has 1 aliphatic carbocycles. The van der Waals surface area contributed by atoms with Crippen molar-refractivity contribution in [3.05, 3.63) is 76.4 Å². The Kier molecular flexibility index (Phi) is 11.7. The maximum absolute atomic E-state index is 14.7. The third kappa shape index (κ3) is 7.88. The summed E-state index contributed by atoms with van der Waals surface area (Å²) in [4.78, 5) is 57.3. The molecule has 0 spiro atoms. The number of nitrogens with one attached hydrogen (secondary N) is 2. The fourth-order valence-electron chi connectivity index (χ4n) is 9.11. The van der Waals surface area contributed by atoms with Crippen molar-refractivity contribution < 1.29 is 28.6 Å². The summed E-state index contributed by atoms with van der Waals surface area (Å²) in [5.41, 5.74) is 10.2. The van der Waals surface area contributed by atoms with Gasteiger partial charge in [0.1, 0.15) is 23.2 Å². The number of nitrogens with zero attached hydrogens (tertiary/aromatic N) is 6. The smallest absolute Gasteiger partial charge is 0.324 e. The van der Waals surface area contributed by atoms with Crippen molar-refractivity contribution in [2.75, 3.05) is 26.9 Å². The molecule has 2 aliphatic heterocycles. The first-order chi connectivity index (χ1) is 28.8. The van der Waals surface area contributed by atoms with Crippen molar-refractivity contribution in [2.45, 2.75) is 97.6 Å². The van der Waals surface area contributed by atoms with Gasteiger partial charge in [0.05, 0.1) is 41.8 Å². The van der Waals surface area contributed by atoms with E-state index in [1.807, 2.05) is 50.0 Å². The molecule has 1 aromatic carbocycles. The van der Waals surface area contributed by atoms with Gasteiger partial charge in [-0.15, -0.1) is 11.3 Å². The second-order valence-corrected chi connectivity index (χ2v) is 18.1. The molecule has 0 radical (unpaired) electrons. The van der Waals surface area contributed by atoms with Gasteiger partial charge in [-0.3, -0.25) is 24.4 Å². The zero-order chi connectivity index (χ0) is 42.5. The molecular formula is C45H56N8O6S. The predicted molar refractivity (Wildman–Crippen MR) is 229 cm³/mol. The van der Waals surface area contributed by atoms with Crippen LogP contribution in [0.3, 0.4) is 0 Å². The maximum atomic E-state index is 14.7. The number of methoxy groups -OCH3 is 1. The van der Waals surface area contributed by atoms with Gasteiger partial charge in [0, 0.05) is 90.9 Å². The molecular weight excluding hydrogens is 781 g/mol. The van der Waals surface area contributed by atoms with Crippen molar-refractivity contribution in [1.82, 2.24) is 39.8 Å². The van der Waals surface area contributed by atoms with Gasteiger partial charge in [0.15, 0.2) is 0 Å². The minimum atomic E-state index is -1.13. The molecule has 4 aromatic heterocycles. The summed E-state index contributed by atoms with van der Waals surface area (Å²) in [6, 6.07) is 8.59.